The zero-order valence-corrected chi connectivity index (χ0v) is 13.9. The molecule has 0 amide bonds. The van der Waals surface area contributed by atoms with Crippen molar-refractivity contribution in [3.63, 3.8) is 0 Å². The molecule has 0 saturated carbocycles. The van der Waals surface area contributed by atoms with E-state index < -0.39 is 9.84 Å². The van der Waals surface area contributed by atoms with Crippen LogP contribution in [0.15, 0.2) is 0 Å². The molecule has 1 unspecified atom stereocenters. The summed E-state index contributed by atoms with van der Waals surface area (Å²) >= 11 is 0. The molecule has 0 saturated heterocycles. The highest BCUT2D eigenvalue weighted by molar-refractivity contribution is 7.90. The molecule has 0 aliphatic rings. The minimum atomic E-state index is -2.79. The lowest BCUT2D eigenvalue weighted by atomic mass is 10.0. The van der Waals surface area contributed by atoms with Crippen LogP contribution in [0, 0.1) is 0 Å². The Bertz CT molecular complexity index is 289. The maximum Gasteiger partial charge on any atom is 0.147 e. The van der Waals surface area contributed by atoms with E-state index in [1.807, 2.05) is 7.05 Å². The first-order valence-electron chi connectivity index (χ1n) is 7.84. The monoisotopic (exact) mass is 291 g/mol. The summed E-state index contributed by atoms with van der Waals surface area (Å²) in [5.74, 6) is 0.322. The van der Waals surface area contributed by atoms with Crippen molar-refractivity contribution < 1.29 is 8.42 Å². The average molecular weight is 292 g/mol. The van der Waals surface area contributed by atoms with E-state index in [0.717, 1.165) is 12.8 Å². The highest BCUT2D eigenvalue weighted by atomic mass is 32.2. The van der Waals surface area contributed by atoms with E-state index in [9.17, 15) is 8.42 Å². The van der Waals surface area contributed by atoms with Crippen LogP contribution in [0.4, 0.5) is 0 Å². The zero-order valence-electron chi connectivity index (χ0n) is 13.1. The van der Waals surface area contributed by atoms with E-state index in [1.165, 1.54) is 57.6 Å². The second kappa shape index (κ2) is 11.7. The van der Waals surface area contributed by atoms with Crippen molar-refractivity contribution in [3.8, 4) is 0 Å². The van der Waals surface area contributed by atoms with Crippen LogP contribution in [0.3, 0.4) is 0 Å². The van der Waals surface area contributed by atoms with Gasteiger partial charge in [-0.25, -0.2) is 8.42 Å². The average Bonchev–Trinajstić information content (AvgIpc) is 2.34. The van der Waals surface area contributed by atoms with Gasteiger partial charge in [0, 0.05) is 18.1 Å². The van der Waals surface area contributed by atoms with Crippen molar-refractivity contribution in [2.45, 2.75) is 77.2 Å². The first kappa shape index (κ1) is 18.9. The summed E-state index contributed by atoms with van der Waals surface area (Å²) < 4.78 is 22.1. The Labute approximate surface area is 120 Å². The van der Waals surface area contributed by atoms with Crippen molar-refractivity contribution in [1.29, 1.82) is 0 Å². The maximum atomic E-state index is 11.1. The van der Waals surface area contributed by atoms with Crippen LogP contribution in [0.25, 0.3) is 0 Å². The zero-order chi connectivity index (χ0) is 14.6. The van der Waals surface area contributed by atoms with Gasteiger partial charge in [0.2, 0.25) is 0 Å². The minimum Gasteiger partial charge on any atom is -0.317 e. The number of hydrogen-bond acceptors (Lipinski definition) is 3. The molecule has 116 valence electrons. The van der Waals surface area contributed by atoms with Crippen molar-refractivity contribution in [2.24, 2.45) is 0 Å². The Hall–Kier alpha value is -0.0900. The molecule has 1 N–H and O–H groups in total. The molecule has 0 aromatic heterocycles. The van der Waals surface area contributed by atoms with Crippen LogP contribution >= 0.6 is 0 Å². The van der Waals surface area contributed by atoms with Gasteiger partial charge < -0.3 is 5.32 Å². The molecule has 0 heterocycles. The number of hydrogen-bond donors (Lipinski definition) is 1. The van der Waals surface area contributed by atoms with Crippen LogP contribution in [-0.4, -0.2) is 33.5 Å². The fourth-order valence-electron chi connectivity index (χ4n) is 2.37. The molecule has 19 heavy (non-hydrogen) atoms. The number of rotatable bonds is 13. The predicted molar refractivity (Wildman–Crippen MR) is 84.4 cm³/mol. The summed E-state index contributed by atoms with van der Waals surface area (Å²) in [5, 5.41) is 3.30. The van der Waals surface area contributed by atoms with Gasteiger partial charge in [-0.3, -0.25) is 0 Å². The van der Waals surface area contributed by atoms with Crippen LogP contribution < -0.4 is 5.32 Å². The van der Waals surface area contributed by atoms with E-state index in [-0.39, 0.29) is 0 Å². The molecule has 0 aromatic rings. The highest BCUT2D eigenvalue weighted by Gasteiger charge is 2.08. The van der Waals surface area contributed by atoms with Crippen molar-refractivity contribution in [3.05, 3.63) is 0 Å². The van der Waals surface area contributed by atoms with Gasteiger partial charge in [0.25, 0.3) is 0 Å². The Kier molecular flexibility index (Phi) is 11.7. The fraction of sp³-hybridized carbons (Fsp3) is 1.00. The first-order chi connectivity index (χ1) is 8.99. The van der Waals surface area contributed by atoms with E-state index in [0.29, 0.717) is 11.8 Å². The summed E-state index contributed by atoms with van der Waals surface area (Å²) in [6, 6.07) is 0.484. The van der Waals surface area contributed by atoms with Crippen molar-refractivity contribution >= 4 is 9.84 Å². The van der Waals surface area contributed by atoms with Crippen LogP contribution in [-0.2, 0) is 9.84 Å². The highest BCUT2D eigenvalue weighted by Crippen LogP contribution is 2.12. The second-order valence-corrected chi connectivity index (χ2v) is 7.93. The molecule has 0 spiro atoms. The second-order valence-electron chi connectivity index (χ2n) is 5.67. The minimum absolute atomic E-state index is 0.322. The number of unbranched alkanes of at least 4 members (excludes halogenated alkanes) is 6. The normalized spacial score (nSPS) is 13.6. The van der Waals surface area contributed by atoms with Crippen LogP contribution in [0.1, 0.15) is 71.1 Å². The molecular weight excluding hydrogens is 258 g/mol. The molecule has 0 radical (unpaired) electrons. The van der Waals surface area contributed by atoms with E-state index in [2.05, 4.69) is 12.2 Å². The largest absolute Gasteiger partial charge is 0.317 e. The summed E-state index contributed by atoms with van der Waals surface area (Å²) in [4.78, 5) is 0. The molecule has 1 atom stereocenters. The van der Waals surface area contributed by atoms with E-state index in [1.54, 1.807) is 0 Å². The van der Waals surface area contributed by atoms with Gasteiger partial charge in [-0.2, -0.15) is 0 Å². The van der Waals surface area contributed by atoms with Gasteiger partial charge in [0.05, 0.1) is 0 Å². The van der Waals surface area contributed by atoms with E-state index >= 15 is 0 Å². The van der Waals surface area contributed by atoms with Crippen molar-refractivity contribution in [2.75, 3.05) is 19.1 Å². The Morgan fingerprint density at radius 2 is 1.42 bits per heavy atom. The molecule has 4 heteroatoms. The summed E-state index contributed by atoms with van der Waals surface area (Å²) in [5.41, 5.74) is 0. The van der Waals surface area contributed by atoms with Gasteiger partial charge in [-0.15, -0.1) is 0 Å². The fourth-order valence-corrected chi connectivity index (χ4v) is 3.06. The molecular formula is C15H33NO2S. The smallest absolute Gasteiger partial charge is 0.147 e. The molecule has 0 aromatic carbocycles. The molecule has 0 rings (SSSR count). The van der Waals surface area contributed by atoms with Crippen LogP contribution in [0.5, 0.6) is 0 Å². The molecule has 0 bridgehead atoms. The predicted octanol–water partition coefficient (Wildman–Crippen LogP) is 3.54. The Morgan fingerprint density at radius 3 is 1.95 bits per heavy atom. The van der Waals surface area contributed by atoms with Gasteiger partial charge in [-0.05, 0) is 26.3 Å². The Morgan fingerprint density at radius 1 is 0.895 bits per heavy atom. The quantitative estimate of drug-likeness (QED) is 0.528. The third-order valence-electron chi connectivity index (χ3n) is 3.63. The molecule has 0 aliphatic heterocycles. The third kappa shape index (κ3) is 14.1. The molecule has 0 aliphatic carbocycles. The standard InChI is InChI=1S/C15H33NO2S/c1-4-5-6-7-8-9-10-12-15(16-2)13-11-14-19(3,17)18/h15-16H,4-14H2,1-3H3. The molecule has 0 fully saturated rings. The van der Waals surface area contributed by atoms with Gasteiger partial charge in [0.1, 0.15) is 9.84 Å². The van der Waals surface area contributed by atoms with Gasteiger partial charge in [0.15, 0.2) is 0 Å². The lowest BCUT2D eigenvalue weighted by Gasteiger charge is -2.15. The van der Waals surface area contributed by atoms with Crippen molar-refractivity contribution in [1.82, 2.24) is 5.32 Å². The third-order valence-corrected chi connectivity index (χ3v) is 4.66. The molecule has 3 nitrogen and oxygen atoms in total. The summed E-state index contributed by atoms with van der Waals surface area (Å²) in [6.07, 6.45) is 13.6. The maximum absolute atomic E-state index is 11.1. The van der Waals surface area contributed by atoms with Gasteiger partial charge >= 0.3 is 0 Å². The number of nitrogens with one attached hydrogen (secondary N) is 1. The lowest BCUT2D eigenvalue weighted by molar-refractivity contribution is 0.453. The number of sulfone groups is 1. The lowest BCUT2D eigenvalue weighted by Crippen LogP contribution is -2.25. The summed E-state index contributed by atoms with van der Waals surface area (Å²) in [6.45, 7) is 2.24. The van der Waals surface area contributed by atoms with Crippen LogP contribution in [0.2, 0.25) is 0 Å². The summed E-state index contributed by atoms with van der Waals surface area (Å²) in [7, 11) is -0.815. The Balaban J connectivity index is 3.49. The first-order valence-corrected chi connectivity index (χ1v) is 9.90. The van der Waals surface area contributed by atoms with Gasteiger partial charge in [-0.1, -0.05) is 51.9 Å². The van der Waals surface area contributed by atoms with E-state index in [4.69, 9.17) is 0 Å². The SMILES string of the molecule is CCCCCCCCCC(CCCS(C)(=O)=O)NC. The topological polar surface area (TPSA) is 46.2 Å².